The number of anilines is 1. The Balaban J connectivity index is 2.16. The fraction of sp³-hybridized carbons (Fsp3) is 0.231. The summed E-state index contributed by atoms with van der Waals surface area (Å²) >= 11 is 5.47. The monoisotopic (exact) mass is 373 g/mol. The number of halogens is 8. The van der Waals surface area contributed by atoms with Crippen molar-refractivity contribution in [3.63, 3.8) is 0 Å². The Bertz CT molecular complexity index is 743. The van der Waals surface area contributed by atoms with E-state index in [2.05, 4.69) is 15.3 Å². The van der Waals surface area contributed by atoms with Crippen LogP contribution in [0.1, 0.15) is 17.1 Å². The van der Waals surface area contributed by atoms with Gasteiger partial charge in [-0.2, -0.15) is 26.3 Å². The largest absolute Gasteiger partial charge is 0.436 e. The van der Waals surface area contributed by atoms with Gasteiger partial charge in [-0.15, -0.1) is 0 Å². The van der Waals surface area contributed by atoms with Crippen molar-refractivity contribution in [3.8, 4) is 0 Å². The summed E-state index contributed by atoms with van der Waals surface area (Å²) in [6, 6.07) is 2.53. The summed E-state index contributed by atoms with van der Waals surface area (Å²) in [7, 11) is 0. The molecule has 3 nitrogen and oxygen atoms in total. The van der Waals surface area contributed by atoms with Crippen molar-refractivity contribution in [2.75, 3.05) is 5.32 Å². The molecule has 0 fully saturated rings. The van der Waals surface area contributed by atoms with Gasteiger partial charge < -0.3 is 5.32 Å². The van der Waals surface area contributed by atoms with E-state index in [9.17, 15) is 30.7 Å². The highest BCUT2D eigenvalue weighted by Gasteiger charge is 2.36. The molecule has 2 rings (SSSR count). The van der Waals surface area contributed by atoms with Crippen LogP contribution in [0.15, 0.2) is 24.4 Å². The van der Waals surface area contributed by atoms with Gasteiger partial charge in [0.1, 0.15) is 0 Å². The lowest BCUT2D eigenvalue weighted by atomic mass is 10.2. The van der Waals surface area contributed by atoms with Crippen LogP contribution in [-0.2, 0) is 18.9 Å². The maximum Gasteiger partial charge on any atom is 0.436 e. The highest BCUT2D eigenvalue weighted by Crippen LogP contribution is 2.34. The lowest BCUT2D eigenvalue weighted by Gasteiger charge is -2.12. The average Bonchev–Trinajstić information content (AvgIpc) is 2.44. The molecule has 1 N–H and O–H groups in total. The van der Waals surface area contributed by atoms with Gasteiger partial charge in [0.2, 0.25) is 0 Å². The van der Waals surface area contributed by atoms with Crippen LogP contribution in [0.4, 0.5) is 36.4 Å². The fourth-order valence-electron chi connectivity index (χ4n) is 1.72. The van der Waals surface area contributed by atoms with Crippen molar-refractivity contribution in [1.29, 1.82) is 0 Å². The van der Waals surface area contributed by atoms with Gasteiger partial charge in [-0.25, -0.2) is 14.4 Å². The van der Waals surface area contributed by atoms with Gasteiger partial charge in [0.25, 0.3) is 0 Å². The smallest absolute Gasteiger partial charge is 0.378 e. The van der Waals surface area contributed by atoms with E-state index in [0.717, 1.165) is 18.3 Å². The third-order valence-corrected chi connectivity index (χ3v) is 3.04. The van der Waals surface area contributed by atoms with Crippen LogP contribution >= 0.6 is 11.6 Å². The lowest BCUT2D eigenvalue weighted by molar-refractivity contribution is -0.144. The molecule has 0 aliphatic carbocycles. The number of rotatable bonds is 3. The molecule has 0 saturated carbocycles. The van der Waals surface area contributed by atoms with E-state index in [4.69, 9.17) is 11.6 Å². The van der Waals surface area contributed by atoms with E-state index >= 15 is 0 Å². The van der Waals surface area contributed by atoms with Crippen molar-refractivity contribution in [3.05, 3.63) is 52.3 Å². The molecule has 2 aromatic rings. The zero-order valence-corrected chi connectivity index (χ0v) is 12.2. The zero-order chi connectivity index (χ0) is 18.1. The number of alkyl halides is 6. The highest BCUT2D eigenvalue weighted by atomic mass is 35.5. The number of nitrogens with one attached hydrogen (secondary N) is 1. The molecular formula is C13H7ClF7N3. The fourth-order valence-corrected chi connectivity index (χ4v) is 1.99. The summed E-state index contributed by atoms with van der Waals surface area (Å²) in [5, 5.41) is 1.84. The maximum absolute atomic E-state index is 13.1. The SMILES string of the molecule is Fc1ccc(CNc2cnc(C(F)(F)F)c(Cl)c2)nc1C(F)(F)F. The summed E-state index contributed by atoms with van der Waals surface area (Å²) in [5.41, 5.74) is -3.09. The molecule has 24 heavy (non-hydrogen) atoms. The summed E-state index contributed by atoms with van der Waals surface area (Å²) in [6.07, 6.45) is -8.86. The Hall–Kier alpha value is -2.10. The van der Waals surface area contributed by atoms with Gasteiger partial charge in [0.15, 0.2) is 17.2 Å². The first kappa shape index (κ1) is 18.2. The van der Waals surface area contributed by atoms with Gasteiger partial charge in [0, 0.05) is 0 Å². The first-order valence-electron chi connectivity index (χ1n) is 6.17. The van der Waals surface area contributed by atoms with E-state index in [1.807, 2.05) is 0 Å². The van der Waals surface area contributed by atoms with Gasteiger partial charge in [0.05, 0.1) is 29.1 Å². The van der Waals surface area contributed by atoms with Crippen LogP contribution in [0, 0.1) is 5.82 Å². The van der Waals surface area contributed by atoms with Crippen molar-refractivity contribution in [2.24, 2.45) is 0 Å². The van der Waals surface area contributed by atoms with Crippen LogP contribution < -0.4 is 5.32 Å². The Morgan fingerprint density at radius 1 is 1.00 bits per heavy atom. The Morgan fingerprint density at radius 2 is 1.62 bits per heavy atom. The molecule has 0 unspecified atom stereocenters. The second kappa shape index (κ2) is 6.42. The third-order valence-electron chi connectivity index (χ3n) is 2.76. The molecule has 0 aliphatic rings. The molecule has 130 valence electrons. The molecule has 0 bridgehead atoms. The van der Waals surface area contributed by atoms with E-state index in [1.54, 1.807) is 0 Å². The normalized spacial score (nSPS) is 12.3. The molecule has 0 amide bonds. The number of hydrogen-bond acceptors (Lipinski definition) is 3. The molecule has 2 aromatic heterocycles. The average molecular weight is 374 g/mol. The standard InChI is InChI=1S/C13H7ClF7N3/c14-8-3-7(5-23-10(8)12(16,17)18)22-4-6-1-2-9(15)11(24-6)13(19,20)21/h1-3,5,22H,4H2. The molecular weight excluding hydrogens is 367 g/mol. The number of hydrogen-bond donors (Lipinski definition) is 1. The second-order valence-corrected chi connectivity index (χ2v) is 4.94. The van der Waals surface area contributed by atoms with Crippen LogP contribution in [-0.4, -0.2) is 9.97 Å². The molecule has 0 aromatic carbocycles. The minimum atomic E-state index is -4.96. The van der Waals surface area contributed by atoms with Crippen molar-refractivity contribution >= 4 is 17.3 Å². The minimum Gasteiger partial charge on any atom is -0.378 e. The van der Waals surface area contributed by atoms with Crippen molar-refractivity contribution < 1.29 is 30.7 Å². The molecule has 0 saturated heterocycles. The molecule has 0 aliphatic heterocycles. The summed E-state index contributed by atoms with van der Waals surface area (Å²) < 4.78 is 88.3. The van der Waals surface area contributed by atoms with Crippen LogP contribution in [0.2, 0.25) is 5.02 Å². The van der Waals surface area contributed by atoms with Gasteiger partial charge in [-0.1, -0.05) is 11.6 Å². The zero-order valence-electron chi connectivity index (χ0n) is 11.4. The lowest BCUT2D eigenvalue weighted by Crippen LogP contribution is -2.14. The number of nitrogens with zero attached hydrogens (tertiary/aromatic N) is 2. The Labute approximate surface area is 135 Å². The highest BCUT2D eigenvalue weighted by molar-refractivity contribution is 6.31. The van der Waals surface area contributed by atoms with Gasteiger partial charge in [-0.05, 0) is 18.2 Å². The molecule has 0 atom stereocenters. The van der Waals surface area contributed by atoms with Crippen molar-refractivity contribution in [2.45, 2.75) is 18.9 Å². The van der Waals surface area contributed by atoms with E-state index in [0.29, 0.717) is 6.07 Å². The topological polar surface area (TPSA) is 37.8 Å². The van der Waals surface area contributed by atoms with Crippen LogP contribution in [0.5, 0.6) is 0 Å². The Kier molecular flexibility index (Phi) is 4.88. The van der Waals surface area contributed by atoms with E-state index < -0.39 is 34.6 Å². The quantitative estimate of drug-likeness (QED) is 0.776. The second-order valence-electron chi connectivity index (χ2n) is 4.54. The van der Waals surface area contributed by atoms with Crippen LogP contribution in [0.25, 0.3) is 0 Å². The van der Waals surface area contributed by atoms with E-state index in [-0.39, 0.29) is 17.9 Å². The summed E-state index contributed by atoms with van der Waals surface area (Å²) in [6.45, 7) is -0.299. The Morgan fingerprint density at radius 3 is 2.17 bits per heavy atom. The molecule has 11 heteroatoms. The van der Waals surface area contributed by atoms with Crippen molar-refractivity contribution in [1.82, 2.24) is 9.97 Å². The summed E-state index contributed by atoms with van der Waals surface area (Å²) in [5.74, 6) is -1.52. The third kappa shape index (κ3) is 4.25. The number of pyridine rings is 2. The minimum absolute atomic E-state index is 0.0349. The first-order valence-corrected chi connectivity index (χ1v) is 6.55. The molecule has 0 radical (unpaired) electrons. The molecule has 2 heterocycles. The van der Waals surface area contributed by atoms with E-state index in [1.165, 1.54) is 0 Å². The summed E-state index contributed by atoms with van der Waals surface area (Å²) in [4.78, 5) is 6.29. The predicted octanol–water partition coefficient (Wildman–Crippen LogP) is 4.92. The molecule has 0 spiro atoms. The number of aromatic nitrogens is 2. The first-order chi connectivity index (χ1) is 11.0. The van der Waals surface area contributed by atoms with Crippen LogP contribution in [0.3, 0.4) is 0 Å². The van der Waals surface area contributed by atoms with Gasteiger partial charge in [-0.3, -0.25) is 0 Å². The van der Waals surface area contributed by atoms with Gasteiger partial charge >= 0.3 is 12.4 Å². The maximum atomic E-state index is 13.1. The predicted molar refractivity (Wildman–Crippen MR) is 70.8 cm³/mol.